The summed E-state index contributed by atoms with van der Waals surface area (Å²) in [4.78, 5) is 0. The Morgan fingerprint density at radius 1 is 1.08 bits per heavy atom. The lowest BCUT2D eigenvalue weighted by Gasteiger charge is -1.82. The van der Waals surface area contributed by atoms with Crippen LogP contribution in [0.1, 0.15) is 26.3 Å². The largest absolute Gasteiger partial charge is 0.331 e. The fraction of sp³-hybridized carbons (Fsp3) is 0.455. The van der Waals surface area contributed by atoms with Crippen LogP contribution in [0.4, 0.5) is 0 Å². The van der Waals surface area contributed by atoms with Crippen molar-refractivity contribution < 1.29 is 0 Å². The van der Waals surface area contributed by atoms with Crippen molar-refractivity contribution in [3.63, 3.8) is 0 Å². The topological polar surface area (TPSA) is 26.0 Å². The van der Waals surface area contributed by atoms with Crippen LogP contribution in [0.5, 0.6) is 0 Å². The maximum Gasteiger partial charge on any atom is -0.0106 e. The minimum absolute atomic E-state index is 0.750. The van der Waals surface area contributed by atoms with Crippen molar-refractivity contribution in [3.8, 4) is 0 Å². The Morgan fingerprint density at radius 2 is 1.42 bits per heavy atom. The van der Waals surface area contributed by atoms with Crippen molar-refractivity contribution in [3.05, 3.63) is 35.9 Å². The molecule has 0 amide bonds. The van der Waals surface area contributed by atoms with Gasteiger partial charge in [-0.25, -0.2) is 0 Å². The lowest BCUT2D eigenvalue weighted by molar-refractivity contribution is 1.14. The molecule has 1 rings (SSSR count). The Hall–Kier alpha value is -0.820. The third kappa shape index (κ3) is 11.9. The van der Waals surface area contributed by atoms with Gasteiger partial charge in [0.1, 0.15) is 0 Å². The molecule has 1 aromatic carbocycles. The van der Waals surface area contributed by atoms with Gasteiger partial charge in [0.05, 0.1) is 0 Å². The molecule has 0 aliphatic rings. The molecule has 0 aliphatic carbocycles. The van der Waals surface area contributed by atoms with Crippen molar-refractivity contribution in [1.82, 2.24) is 0 Å². The van der Waals surface area contributed by atoms with E-state index in [9.17, 15) is 0 Å². The van der Waals surface area contributed by atoms with E-state index in [-0.39, 0.29) is 0 Å². The predicted molar refractivity (Wildman–Crippen MR) is 57.3 cm³/mol. The molecule has 0 fully saturated rings. The van der Waals surface area contributed by atoms with Crippen molar-refractivity contribution in [1.29, 1.82) is 0 Å². The standard InChI is InChI=1S/C7H8.C2H7N.C2H6/c1-7-5-3-2-4-6-7;1-2-3;1-2/h2-6H,1H3;2-3H2,1H3;1-2H3. The molecule has 12 heavy (non-hydrogen) atoms. The molecular weight excluding hydrogens is 146 g/mol. The molecular formula is C11H21N. The second kappa shape index (κ2) is 12.8. The van der Waals surface area contributed by atoms with E-state index in [1.54, 1.807) is 0 Å². The summed E-state index contributed by atoms with van der Waals surface area (Å²) in [5.74, 6) is 0. The van der Waals surface area contributed by atoms with E-state index < -0.39 is 0 Å². The first-order valence-electron chi connectivity index (χ1n) is 4.53. The highest BCUT2D eigenvalue weighted by Crippen LogP contribution is 1.92. The summed E-state index contributed by atoms with van der Waals surface area (Å²) >= 11 is 0. The summed E-state index contributed by atoms with van der Waals surface area (Å²) in [6.07, 6.45) is 0. The lowest BCUT2D eigenvalue weighted by Crippen LogP contribution is -1.87. The smallest absolute Gasteiger partial charge is 0.0106 e. The van der Waals surface area contributed by atoms with Gasteiger partial charge in [-0.1, -0.05) is 56.7 Å². The molecule has 0 unspecified atom stereocenters. The molecule has 70 valence electrons. The number of hydrogen-bond acceptors (Lipinski definition) is 1. The maximum atomic E-state index is 4.85. The third-order valence-electron chi connectivity index (χ3n) is 0.940. The first-order valence-corrected chi connectivity index (χ1v) is 4.53. The van der Waals surface area contributed by atoms with E-state index in [0.717, 1.165) is 6.54 Å². The summed E-state index contributed by atoms with van der Waals surface area (Å²) in [6, 6.07) is 10.3. The Kier molecular flexibility index (Phi) is 14.7. The molecule has 1 nitrogen and oxygen atoms in total. The van der Waals surface area contributed by atoms with E-state index in [2.05, 4.69) is 19.1 Å². The van der Waals surface area contributed by atoms with E-state index in [1.807, 2.05) is 39.0 Å². The van der Waals surface area contributed by atoms with E-state index in [0.29, 0.717) is 0 Å². The van der Waals surface area contributed by atoms with Gasteiger partial charge in [-0.2, -0.15) is 0 Å². The second-order valence-electron chi connectivity index (χ2n) is 2.06. The molecule has 1 heteroatoms. The lowest BCUT2D eigenvalue weighted by atomic mass is 10.2. The fourth-order valence-electron chi connectivity index (χ4n) is 0.534. The van der Waals surface area contributed by atoms with Gasteiger partial charge in [0.25, 0.3) is 0 Å². The molecule has 0 bridgehead atoms. The van der Waals surface area contributed by atoms with Crippen LogP contribution in [0.2, 0.25) is 0 Å². The van der Waals surface area contributed by atoms with Gasteiger partial charge < -0.3 is 5.73 Å². The molecule has 0 aromatic heterocycles. The fourth-order valence-corrected chi connectivity index (χ4v) is 0.534. The quantitative estimate of drug-likeness (QED) is 0.631. The number of rotatable bonds is 0. The van der Waals surface area contributed by atoms with Gasteiger partial charge in [0.15, 0.2) is 0 Å². The summed E-state index contributed by atoms with van der Waals surface area (Å²) < 4.78 is 0. The Morgan fingerprint density at radius 3 is 1.58 bits per heavy atom. The minimum atomic E-state index is 0.750. The summed E-state index contributed by atoms with van der Waals surface area (Å²) in [7, 11) is 0. The van der Waals surface area contributed by atoms with Gasteiger partial charge in [-0.3, -0.25) is 0 Å². The average Bonchev–Trinajstić information content (AvgIpc) is 2.11. The molecule has 0 spiro atoms. The number of aryl methyl sites for hydroxylation is 1. The summed E-state index contributed by atoms with van der Waals surface area (Å²) in [5, 5.41) is 0. The van der Waals surface area contributed by atoms with E-state index >= 15 is 0 Å². The van der Waals surface area contributed by atoms with Gasteiger partial charge in [-0.15, -0.1) is 0 Å². The first kappa shape index (κ1) is 13.7. The Bertz CT molecular complexity index is 146. The Balaban J connectivity index is 0. The molecule has 0 atom stereocenters. The van der Waals surface area contributed by atoms with Gasteiger partial charge >= 0.3 is 0 Å². The normalized spacial score (nSPS) is 7.08. The van der Waals surface area contributed by atoms with Crippen LogP contribution < -0.4 is 5.73 Å². The van der Waals surface area contributed by atoms with Gasteiger partial charge in [0.2, 0.25) is 0 Å². The molecule has 0 aliphatic heterocycles. The zero-order valence-electron chi connectivity index (χ0n) is 8.67. The molecule has 2 N–H and O–H groups in total. The zero-order valence-corrected chi connectivity index (χ0v) is 8.67. The van der Waals surface area contributed by atoms with Crippen LogP contribution in [0, 0.1) is 6.92 Å². The monoisotopic (exact) mass is 167 g/mol. The van der Waals surface area contributed by atoms with Crippen LogP contribution >= 0.6 is 0 Å². The van der Waals surface area contributed by atoms with Gasteiger partial charge in [0, 0.05) is 0 Å². The van der Waals surface area contributed by atoms with E-state index in [4.69, 9.17) is 5.73 Å². The van der Waals surface area contributed by atoms with Crippen molar-refractivity contribution in [2.75, 3.05) is 6.54 Å². The number of benzene rings is 1. The summed E-state index contributed by atoms with van der Waals surface area (Å²) in [6.45, 7) is 8.74. The molecule has 0 saturated heterocycles. The van der Waals surface area contributed by atoms with Crippen LogP contribution in [-0.2, 0) is 0 Å². The van der Waals surface area contributed by atoms with Crippen LogP contribution in [0.25, 0.3) is 0 Å². The molecule has 0 radical (unpaired) electrons. The SMILES string of the molecule is CC.CCN.Cc1ccccc1. The highest BCUT2D eigenvalue weighted by atomic mass is 14.5. The van der Waals surface area contributed by atoms with Crippen molar-refractivity contribution >= 4 is 0 Å². The number of nitrogens with two attached hydrogens (primary N) is 1. The molecule has 1 aromatic rings. The minimum Gasteiger partial charge on any atom is -0.331 e. The van der Waals surface area contributed by atoms with Gasteiger partial charge in [-0.05, 0) is 13.5 Å². The molecule has 0 heterocycles. The van der Waals surface area contributed by atoms with Crippen molar-refractivity contribution in [2.24, 2.45) is 5.73 Å². The second-order valence-corrected chi connectivity index (χ2v) is 2.06. The van der Waals surface area contributed by atoms with E-state index in [1.165, 1.54) is 5.56 Å². The first-order chi connectivity index (χ1) is 5.81. The zero-order chi connectivity index (χ0) is 9.82. The average molecular weight is 167 g/mol. The predicted octanol–water partition coefficient (Wildman–Crippen LogP) is 2.99. The Labute approximate surface area is 76.6 Å². The number of hydrogen-bond donors (Lipinski definition) is 1. The van der Waals surface area contributed by atoms with Crippen LogP contribution in [-0.4, -0.2) is 6.54 Å². The highest BCUT2D eigenvalue weighted by Gasteiger charge is 1.72. The molecule has 0 saturated carbocycles. The highest BCUT2D eigenvalue weighted by molar-refractivity contribution is 5.11. The maximum absolute atomic E-state index is 4.85. The third-order valence-corrected chi connectivity index (χ3v) is 0.940. The summed E-state index contributed by atoms with van der Waals surface area (Å²) in [5.41, 5.74) is 6.17. The van der Waals surface area contributed by atoms with Crippen molar-refractivity contribution in [2.45, 2.75) is 27.7 Å². The van der Waals surface area contributed by atoms with Crippen LogP contribution in [0.3, 0.4) is 0 Å². The van der Waals surface area contributed by atoms with Crippen LogP contribution in [0.15, 0.2) is 30.3 Å².